The smallest absolute Gasteiger partial charge is 0.267 e. The van der Waals surface area contributed by atoms with E-state index in [2.05, 4.69) is 25.8 Å². The van der Waals surface area contributed by atoms with E-state index in [0.717, 1.165) is 0 Å². The standard InChI is InChI=1S/C12H15BrN4O3S/c1-3-17-7-11(12(14)15-17)21(18,19)16-8-4-5-10(20-2)9(13)6-8/h4-7,16H,3H2,1-2H3,(H2,14,15). The highest BCUT2D eigenvalue weighted by Gasteiger charge is 2.21. The van der Waals surface area contributed by atoms with Gasteiger partial charge in [0.2, 0.25) is 0 Å². The average Bonchev–Trinajstić information content (AvgIpc) is 2.81. The number of aromatic nitrogens is 2. The highest BCUT2D eigenvalue weighted by atomic mass is 79.9. The molecule has 3 N–H and O–H groups in total. The van der Waals surface area contributed by atoms with Crippen molar-refractivity contribution >= 4 is 37.5 Å². The number of hydrogen-bond acceptors (Lipinski definition) is 5. The van der Waals surface area contributed by atoms with Gasteiger partial charge in [-0.05, 0) is 41.1 Å². The number of sulfonamides is 1. The monoisotopic (exact) mass is 374 g/mol. The maximum absolute atomic E-state index is 12.3. The lowest BCUT2D eigenvalue weighted by Crippen LogP contribution is -2.14. The molecule has 2 rings (SSSR count). The number of hydrogen-bond donors (Lipinski definition) is 2. The second-order valence-corrected chi connectivity index (χ2v) is 6.69. The molecule has 1 aromatic carbocycles. The minimum Gasteiger partial charge on any atom is -0.496 e. The number of anilines is 2. The Morgan fingerprint density at radius 1 is 1.48 bits per heavy atom. The van der Waals surface area contributed by atoms with Crippen molar-refractivity contribution in [1.29, 1.82) is 0 Å². The zero-order valence-corrected chi connectivity index (χ0v) is 13.9. The molecule has 0 bridgehead atoms. The highest BCUT2D eigenvalue weighted by molar-refractivity contribution is 9.10. The number of ether oxygens (including phenoxy) is 1. The number of methoxy groups -OCH3 is 1. The van der Waals surface area contributed by atoms with Gasteiger partial charge in [-0.2, -0.15) is 5.10 Å². The summed E-state index contributed by atoms with van der Waals surface area (Å²) in [6, 6.07) is 4.86. The second-order valence-electron chi connectivity index (χ2n) is 4.19. The van der Waals surface area contributed by atoms with Gasteiger partial charge in [-0.1, -0.05) is 0 Å². The molecule has 0 aliphatic heterocycles. The SMILES string of the molecule is CCn1cc(S(=O)(=O)Nc2ccc(OC)c(Br)c2)c(N)n1. The normalized spacial score (nSPS) is 11.4. The van der Waals surface area contributed by atoms with Gasteiger partial charge < -0.3 is 10.5 Å². The van der Waals surface area contributed by atoms with Crippen LogP contribution in [0, 0.1) is 0 Å². The van der Waals surface area contributed by atoms with E-state index >= 15 is 0 Å². The first-order valence-corrected chi connectivity index (χ1v) is 8.34. The summed E-state index contributed by atoms with van der Waals surface area (Å²) in [7, 11) is -2.26. The number of nitrogens with zero attached hydrogens (tertiary/aromatic N) is 2. The maximum Gasteiger partial charge on any atom is 0.267 e. The Morgan fingerprint density at radius 2 is 2.19 bits per heavy atom. The summed E-state index contributed by atoms with van der Waals surface area (Å²) in [4.78, 5) is -0.0451. The van der Waals surface area contributed by atoms with Crippen molar-refractivity contribution < 1.29 is 13.2 Å². The van der Waals surface area contributed by atoms with Gasteiger partial charge >= 0.3 is 0 Å². The first kappa shape index (κ1) is 15.6. The van der Waals surface area contributed by atoms with E-state index in [9.17, 15) is 8.42 Å². The predicted octanol–water partition coefficient (Wildman–Crippen LogP) is 2.06. The van der Waals surface area contributed by atoms with Gasteiger partial charge in [0.15, 0.2) is 5.82 Å². The summed E-state index contributed by atoms with van der Waals surface area (Å²) in [5, 5.41) is 3.93. The average molecular weight is 375 g/mol. The zero-order valence-electron chi connectivity index (χ0n) is 11.5. The lowest BCUT2D eigenvalue weighted by molar-refractivity contribution is 0.412. The van der Waals surface area contributed by atoms with Gasteiger partial charge in [0.25, 0.3) is 10.0 Å². The molecular formula is C12H15BrN4O3S. The molecule has 0 spiro atoms. The highest BCUT2D eigenvalue weighted by Crippen LogP contribution is 2.29. The summed E-state index contributed by atoms with van der Waals surface area (Å²) in [6.07, 6.45) is 1.40. The van der Waals surface area contributed by atoms with Crippen molar-refractivity contribution in [3.63, 3.8) is 0 Å². The molecular weight excluding hydrogens is 360 g/mol. The Kier molecular flexibility index (Phi) is 4.43. The molecule has 0 aliphatic rings. The van der Waals surface area contributed by atoms with Gasteiger partial charge in [-0.25, -0.2) is 8.42 Å². The van der Waals surface area contributed by atoms with Gasteiger partial charge in [0.1, 0.15) is 10.6 Å². The van der Waals surface area contributed by atoms with Crippen LogP contribution >= 0.6 is 15.9 Å². The van der Waals surface area contributed by atoms with Crippen LogP contribution in [0.1, 0.15) is 6.92 Å². The molecule has 0 unspecified atom stereocenters. The number of benzene rings is 1. The zero-order chi connectivity index (χ0) is 15.6. The van der Waals surface area contributed by atoms with Crippen molar-refractivity contribution in [2.75, 3.05) is 17.6 Å². The summed E-state index contributed by atoms with van der Waals surface area (Å²) in [5.41, 5.74) is 6.05. The number of rotatable bonds is 5. The summed E-state index contributed by atoms with van der Waals surface area (Å²) in [5.74, 6) is 0.577. The third-order valence-corrected chi connectivity index (χ3v) is 4.79. The maximum atomic E-state index is 12.3. The summed E-state index contributed by atoms with van der Waals surface area (Å²) in [6.45, 7) is 2.38. The van der Waals surface area contributed by atoms with Crippen LogP contribution in [0.2, 0.25) is 0 Å². The van der Waals surface area contributed by atoms with E-state index in [1.807, 2.05) is 6.92 Å². The van der Waals surface area contributed by atoms with Crippen LogP contribution in [0.3, 0.4) is 0 Å². The van der Waals surface area contributed by atoms with Crippen molar-refractivity contribution in [1.82, 2.24) is 9.78 Å². The molecule has 0 amide bonds. The minimum absolute atomic E-state index is 0.0306. The number of halogens is 1. The van der Waals surface area contributed by atoms with E-state index in [4.69, 9.17) is 10.5 Å². The van der Waals surface area contributed by atoms with E-state index in [0.29, 0.717) is 22.5 Å². The second kappa shape index (κ2) is 5.94. The topological polar surface area (TPSA) is 99.2 Å². The fraction of sp³-hybridized carbons (Fsp3) is 0.250. The molecule has 0 saturated heterocycles. The minimum atomic E-state index is -3.79. The van der Waals surface area contributed by atoms with Crippen LogP contribution in [0.15, 0.2) is 33.8 Å². The molecule has 0 saturated carbocycles. The molecule has 0 atom stereocenters. The fourth-order valence-electron chi connectivity index (χ4n) is 1.73. The van der Waals surface area contributed by atoms with Crippen molar-refractivity contribution in [2.45, 2.75) is 18.4 Å². The van der Waals surface area contributed by atoms with Crippen LogP contribution in [0.5, 0.6) is 5.75 Å². The molecule has 7 nitrogen and oxygen atoms in total. The third-order valence-electron chi connectivity index (χ3n) is 2.77. The van der Waals surface area contributed by atoms with Crippen molar-refractivity contribution in [3.8, 4) is 5.75 Å². The largest absolute Gasteiger partial charge is 0.496 e. The van der Waals surface area contributed by atoms with Crippen molar-refractivity contribution in [3.05, 3.63) is 28.9 Å². The molecule has 21 heavy (non-hydrogen) atoms. The van der Waals surface area contributed by atoms with Crippen LogP contribution in [-0.2, 0) is 16.6 Å². The predicted molar refractivity (Wildman–Crippen MR) is 83.8 cm³/mol. The molecule has 9 heteroatoms. The Morgan fingerprint density at radius 3 is 2.71 bits per heavy atom. The Hall–Kier alpha value is -1.74. The number of aryl methyl sites for hydroxylation is 1. The van der Waals surface area contributed by atoms with Gasteiger partial charge in [0.05, 0.1) is 17.3 Å². The molecule has 1 heterocycles. The van der Waals surface area contributed by atoms with E-state index in [-0.39, 0.29) is 10.7 Å². The Balaban J connectivity index is 2.32. The summed E-state index contributed by atoms with van der Waals surface area (Å²) >= 11 is 3.30. The van der Waals surface area contributed by atoms with Crippen LogP contribution in [0.25, 0.3) is 0 Å². The van der Waals surface area contributed by atoms with E-state index in [1.165, 1.54) is 18.0 Å². The quantitative estimate of drug-likeness (QED) is 0.834. The first-order valence-electron chi connectivity index (χ1n) is 6.06. The van der Waals surface area contributed by atoms with Gasteiger partial charge in [-0.3, -0.25) is 9.40 Å². The fourth-order valence-corrected chi connectivity index (χ4v) is 3.39. The lowest BCUT2D eigenvalue weighted by atomic mass is 10.3. The van der Waals surface area contributed by atoms with E-state index in [1.54, 1.807) is 18.2 Å². The first-order chi connectivity index (χ1) is 9.87. The summed E-state index contributed by atoms with van der Waals surface area (Å²) < 4.78 is 34.3. The molecule has 0 fully saturated rings. The number of nitrogens with two attached hydrogens (primary N) is 1. The van der Waals surface area contributed by atoms with Crippen molar-refractivity contribution in [2.24, 2.45) is 0 Å². The molecule has 0 aliphatic carbocycles. The number of nitrogens with one attached hydrogen (secondary N) is 1. The lowest BCUT2D eigenvalue weighted by Gasteiger charge is -2.09. The Bertz CT molecular complexity index is 758. The van der Waals surface area contributed by atoms with Crippen LogP contribution in [0.4, 0.5) is 11.5 Å². The van der Waals surface area contributed by atoms with Gasteiger partial charge in [-0.15, -0.1) is 0 Å². The molecule has 114 valence electrons. The van der Waals surface area contributed by atoms with E-state index < -0.39 is 10.0 Å². The third kappa shape index (κ3) is 3.30. The van der Waals surface area contributed by atoms with Gasteiger partial charge in [0, 0.05) is 12.7 Å². The molecule has 1 aromatic heterocycles. The molecule has 0 radical (unpaired) electrons. The van der Waals surface area contributed by atoms with Crippen LogP contribution < -0.4 is 15.2 Å². The van der Waals surface area contributed by atoms with Crippen LogP contribution in [-0.4, -0.2) is 25.3 Å². The Labute approximate surface area is 131 Å². The molecule has 2 aromatic rings. The number of nitrogen functional groups attached to an aromatic ring is 1.